The molecule has 1 aliphatic carbocycles. The molecule has 1 heterocycles. The molecule has 0 unspecified atom stereocenters. The molecule has 5 heteroatoms. The van der Waals surface area contributed by atoms with E-state index in [0.29, 0.717) is 22.4 Å². The zero-order chi connectivity index (χ0) is 19.0. The van der Waals surface area contributed by atoms with Crippen LogP contribution in [0.15, 0.2) is 48.5 Å². The second-order valence-corrected chi connectivity index (χ2v) is 7.25. The number of imide groups is 1. The van der Waals surface area contributed by atoms with E-state index in [-0.39, 0.29) is 23.8 Å². The highest BCUT2D eigenvalue weighted by atomic mass is 16.2. The number of amides is 3. The minimum atomic E-state index is -0.346. The van der Waals surface area contributed by atoms with E-state index in [0.717, 1.165) is 30.6 Å². The average molecular weight is 362 g/mol. The summed E-state index contributed by atoms with van der Waals surface area (Å²) in [5.74, 6) is -0.762. The highest BCUT2D eigenvalue weighted by Gasteiger charge is 2.36. The summed E-state index contributed by atoms with van der Waals surface area (Å²) in [6.07, 6.45) is 5.59. The van der Waals surface area contributed by atoms with Crippen molar-refractivity contribution in [2.45, 2.75) is 38.1 Å². The van der Waals surface area contributed by atoms with Crippen LogP contribution in [-0.2, 0) is 0 Å². The van der Waals surface area contributed by atoms with Gasteiger partial charge in [-0.3, -0.25) is 14.4 Å². The maximum atomic E-state index is 12.9. The molecular weight excluding hydrogens is 340 g/mol. The molecule has 5 nitrogen and oxygen atoms in total. The lowest BCUT2D eigenvalue weighted by Gasteiger charge is -2.31. The lowest BCUT2D eigenvalue weighted by molar-refractivity contribution is 0.0695. The number of carbonyl (C=O) groups excluding carboxylic acids is 3. The summed E-state index contributed by atoms with van der Waals surface area (Å²) >= 11 is 0. The van der Waals surface area contributed by atoms with E-state index in [1.165, 1.54) is 6.42 Å². The second-order valence-electron chi connectivity index (χ2n) is 7.25. The van der Waals surface area contributed by atoms with Crippen LogP contribution in [0.25, 0.3) is 0 Å². The molecule has 4 rings (SSSR count). The summed E-state index contributed by atoms with van der Waals surface area (Å²) in [5.41, 5.74) is 1.73. The van der Waals surface area contributed by atoms with Gasteiger partial charge >= 0.3 is 0 Å². The van der Waals surface area contributed by atoms with E-state index in [4.69, 9.17) is 0 Å². The van der Waals surface area contributed by atoms with Crippen molar-refractivity contribution in [3.8, 4) is 0 Å². The van der Waals surface area contributed by atoms with Crippen molar-refractivity contribution < 1.29 is 14.4 Å². The first-order valence-corrected chi connectivity index (χ1v) is 9.43. The molecule has 0 spiro atoms. The third-order valence-corrected chi connectivity index (χ3v) is 5.59. The molecule has 1 saturated carbocycles. The first-order chi connectivity index (χ1) is 13.1. The minimum absolute atomic E-state index is 0.0691. The normalized spacial score (nSPS) is 17.1. The summed E-state index contributed by atoms with van der Waals surface area (Å²) in [6.45, 7) is 0. The minimum Gasteiger partial charge on any atom is -0.339 e. The maximum Gasteiger partial charge on any atom is 0.266 e. The molecule has 138 valence electrons. The van der Waals surface area contributed by atoms with Gasteiger partial charge in [-0.1, -0.05) is 37.5 Å². The monoisotopic (exact) mass is 362 g/mol. The zero-order valence-corrected chi connectivity index (χ0v) is 15.4. The first-order valence-electron chi connectivity index (χ1n) is 9.43. The standard InChI is InChI=1S/C22H22N2O3/c1-23(16-9-3-2-4-10-16)20(25)15-8-7-11-17(14-15)24-21(26)18-12-5-6-13-19(18)22(24)27/h5-8,11-14,16H,2-4,9-10H2,1H3. The lowest BCUT2D eigenvalue weighted by atomic mass is 9.94. The topological polar surface area (TPSA) is 57.7 Å². The lowest BCUT2D eigenvalue weighted by Crippen LogP contribution is -2.38. The summed E-state index contributed by atoms with van der Waals surface area (Å²) < 4.78 is 0. The summed E-state index contributed by atoms with van der Waals surface area (Å²) in [5, 5.41) is 0. The molecule has 0 saturated heterocycles. The molecule has 0 aromatic heterocycles. The number of hydrogen-bond acceptors (Lipinski definition) is 3. The number of hydrogen-bond donors (Lipinski definition) is 0. The van der Waals surface area contributed by atoms with Crippen molar-refractivity contribution in [1.29, 1.82) is 0 Å². The molecule has 0 atom stereocenters. The quantitative estimate of drug-likeness (QED) is 0.778. The zero-order valence-electron chi connectivity index (χ0n) is 15.4. The fraction of sp³-hybridized carbons (Fsp3) is 0.318. The third kappa shape index (κ3) is 3.03. The number of anilines is 1. The second kappa shape index (κ2) is 6.99. The van der Waals surface area contributed by atoms with Gasteiger partial charge in [0.2, 0.25) is 0 Å². The van der Waals surface area contributed by atoms with Gasteiger partial charge in [0, 0.05) is 18.7 Å². The Morgan fingerprint density at radius 2 is 1.56 bits per heavy atom. The van der Waals surface area contributed by atoms with Crippen LogP contribution >= 0.6 is 0 Å². The molecule has 27 heavy (non-hydrogen) atoms. The van der Waals surface area contributed by atoms with Gasteiger partial charge in [-0.15, -0.1) is 0 Å². The first kappa shape index (κ1) is 17.5. The summed E-state index contributed by atoms with van der Waals surface area (Å²) in [4.78, 5) is 41.3. The Balaban J connectivity index is 1.61. The number of rotatable bonds is 3. The Hall–Kier alpha value is -2.95. The number of fused-ring (bicyclic) bond motifs is 1. The average Bonchev–Trinajstić information content (AvgIpc) is 2.98. The Morgan fingerprint density at radius 1 is 0.926 bits per heavy atom. The van der Waals surface area contributed by atoms with Gasteiger partial charge in [-0.05, 0) is 43.2 Å². The Bertz CT molecular complexity index is 880. The van der Waals surface area contributed by atoms with Crippen LogP contribution in [0.5, 0.6) is 0 Å². The number of nitrogens with zero attached hydrogens (tertiary/aromatic N) is 2. The maximum absolute atomic E-state index is 12.9. The van der Waals surface area contributed by atoms with E-state index in [1.54, 1.807) is 53.4 Å². The van der Waals surface area contributed by atoms with Gasteiger partial charge in [0.15, 0.2) is 0 Å². The SMILES string of the molecule is CN(C(=O)c1cccc(N2C(=O)c3ccccc3C2=O)c1)C1CCCCC1. The molecule has 3 amide bonds. The fourth-order valence-corrected chi connectivity index (χ4v) is 4.04. The Kier molecular flexibility index (Phi) is 4.52. The van der Waals surface area contributed by atoms with Gasteiger partial charge in [0.25, 0.3) is 17.7 Å². The smallest absolute Gasteiger partial charge is 0.266 e. The van der Waals surface area contributed by atoms with Crippen molar-refractivity contribution >= 4 is 23.4 Å². The van der Waals surface area contributed by atoms with Crippen LogP contribution in [-0.4, -0.2) is 35.7 Å². The van der Waals surface area contributed by atoms with Gasteiger partial charge in [0.05, 0.1) is 16.8 Å². The van der Waals surface area contributed by atoms with Crippen molar-refractivity contribution in [2.75, 3.05) is 11.9 Å². The van der Waals surface area contributed by atoms with Gasteiger partial charge < -0.3 is 4.90 Å². The highest BCUT2D eigenvalue weighted by molar-refractivity contribution is 6.34. The van der Waals surface area contributed by atoms with Crippen LogP contribution in [0, 0.1) is 0 Å². The molecule has 2 aromatic carbocycles. The van der Waals surface area contributed by atoms with Crippen LogP contribution in [0.1, 0.15) is 63.2 Å². The highest BCUT2D eigenvalue weighted by Crippen LogP contribution is 2.29. The predicted molar refractivity (Wildman–Crippen MR) is 103 cm³/mol. The van der Waals surface area contributed by atoms with Crippen molar-refractivity contribution in [3.63, 3.8) is 0 Å². The molecule has 0 bridgehead atoms. The van der Waals surface area contributed by atoms with E-state index in [1.807, 2.05) is 7.05 Å². The summed E-state index contributed by atoms with van der Waals surface area (Å²) in [7, 11) is 1.84. The molecule has 2 aromatic rings. The molecule has 1 aliphatic heterocycles. The van der Waals surface area contributed by atoms with E-state index in [9.17, 15) is 14.4 Å². The Labute approximate surface area is 158 Å². The van der Waals surface area contributed by atoms with Crippen molar-refractivity contribution in [1.82, 2.24) is 4.90 Å². The van der Waals surface area contributed by atoms with Crippen LogP contribution in [0.3, 0.4) is 0 Å². The third-order valence-electron chi connectivity index (χ3n) is 5.59. The van der Waals surface area contributed by atoms with Gasteiger partial charge in [-0.25, -0.2) is 4.90 Å². The van der Waals surface area contributed by atoms with Crippen LogP contribution in [0.4, 0.5) is 5.69 Å². The molecule has 0 N–H and O–H groups in total. The van der Waals surface area contributed by atoms with Crippen LogP contribution < -0.4 is 4.90 Å². The predicted octanol–water partition coefficient (Wildman–Crippen LogP) is 3.89. The molecular formula is C22H22N2O3. The number of carbonyl (C=O) groups is 3. The van der Waals surface area contributed by atoms with Crippen molar-refractivity contribution in [3.05, 3.63) is 65.2 Å². The molecule has 0 radical (unpaired) electrons. The largest absolute Gasteiger partial charge is 0.339 e. The number of benzene rings is 2. The summed E-state index contributed by atoms with van der Waals surface area (Å²) in [6, 6.07) is 13.9. The van der Waals surface area contributed by atoms with E-state index in [2.05, 4.69) is 0 Å². The van der Waals surface area contributed by atoms with Crippen LogP contribution in [0.2, 0.25) is 0 Å². The van der Waals surface area contributed by atoms with Gasteiger partial charge in [0.1, 0.15) is 0 Å². The van der Waals surface area contributed by atoms with E-state index < -0.39 is 0 Å². The van der Waals surface area contributed by atoms with Gasteiger partial charge in [-0.2, -0.15) is 0 Å². The molecule has 2 aliphatic rings. The Morgan fingerprint density at radius 3 is 2.19 bits per heavy atom. The van der Waals surface area contributed by atoms with Crippen molar-refractivity contribution in [2.24, 2.45) is 0 Å². The van der Waals surface area contributed by atoms with E-state index >= 15 is 0 Å². The molecule has 1 fully saturated rings. The fourth-order valence-electron chi connectivity index (χ4n) is 4.04.